The Morgan fingerprint density at radius 3 is 2.43 bits per heavy atom. The van der Waals surface area contributed by atoms with Gasteiger partial charge in [-0.05, 0) is 51.5 Å². The molecule has 3 heterocycles. The number of fused-ring (bicyclic) bond motifs is 2. The zero-order chi connectivity index (χ0) is 14.6. The molecule has 2 bridgehead atoms. The Balaban J connectivity index is 1.67. The fourth-order valence-corrected chi connectivity index (χ4v) is 5.38. The van der Waals surface area contributed by atoms with Gasteiger partial charge in [-0.2, -0.15) is 0 Å². The molecular formula is C17H27N3S. The van der Waals surface area contributed by atoms with E-state index in [1.54, 1.807) is 0 Å². The SMILES string of the molecule is CC(C)c1csc(C2(NC3CC3)CC3CCC(C2)N3C)n1. The van der Waals surface area contributed by atoms with Crippen molar-refractivity contribution in [3.05, 3.63) is 16.1 Å². The van der Waals surface area contributed by atoms with Crippen molar-refractivity contribution in [1.82, 2.24) is 15.2 Å². The number of nitrogens with one attached hydrogen (secondary N) is 1. The van der Waals surface area contributed by atoms with E-state index < -0.39 is 0 Å². The number of rotatable bonds is 4. The van der Waals surface area contributed by atoms with Gasteiger partial charge < -0.3 is 10.2 Å². The van der Waals surface area contributed by atoms with Gasteiger partial charge in [0.2, 0.25) is 0 Å². The molecular weight excluding hydrogens is 278 g/mol. The van der Waals surface area contributed by atoms with Crippen molar-refractivity contribution < 1.29 is 0 Å². The Labute approximate surface area is 132 Å². The Morgan fingerprint density at radius 2 is 1.90 bits per heavy atom. The molecule has 2 unspecified atom stereocenters. The van der Waals surface area contributed by atoms with E-state index in [2.05, 4.69) is 36.5 Å². The van der Waals surface area contributed by atoms with E-state index in [9.17, 15) is 0 Å². The molecule has 1 aromatic heterocycles. The normalized spacial score (nSPS) is 36.6. The first-order chi connectivity index (χ1) is 10.1. The van der Waals surface area contributed by atoms with Crippen LogP contribution >= 0.6 is 11.3 Å². The topological polar surface area (TPSA) is 28.2 Å². The smallest absolute Gasteiger partial charge is 0.113 e. The van der Waals surface area contributed by atoms with Crippen LogP contribution in [-0.4, -0.2) is 35.1 Å². The molecule has 0 amide bonds. The third-order valence-corrected chi connectivity index (χ3v) is 6.80. The van der Waals surface area contributed by atoms with Crippen LogP contribution in [0.5, 0.6) is 0 Å². The molecule has 1 saturated carbocycles. The largest absolute Gasteiger partial charge is 0.302 e. The maximum atomic E-state index is 5.05. The molecule has 3 nitrogen and oxygen atoms in total. The summed E-state index contributed by atoms with van der Waals surface area (Å²) in [6, 6.07) is 2.25. The molecule has 3 aliphatic rings. The van der Waals surface area contributed by atoms with Crippen LogP contribution < -0.4 is 5.32 Å². The van der Waals surface area contributed by atoms with E-state index in [0.717, 1.165) is 18.1 Å². The zero-order valence-electron chi connectivity index (χ0n) is 13.4. The second-order valence-electron chi connectivity index (χ2n) is 7.69. The minimum atomic E-state index is 0.164. The maximum Gasteiger partial charge on any atom is 0.113 e. The van der Waals surface area contributed by atoms with Crippen LogP contribution in [0.25, 0.3) is 0 Å². The molecule has 1 aromatic rings. The summed E-state index contributed by atoms with van der Waals surface area (Å²) in [5.41, 5.74) is 1.44. The average Bonchev–Trinajstić information content (AvgIpc) is 3.05. The molecule has 1 aliphatic carbocycles. The highest BCUT2D eigenvalue weighted by atomic mass is 32.1. The molecule has 3 fully saturated rings. The number of thiazole rings is 1. The molecule has 2 atom stereocenters. The van der Waals surface area contributed by atoms with Crippen LogP contribution in [0.4, 0.5) is 0 Å². The van der Waals surface area contributed by atoms with E-state index in [4.69, 9.17) is 4.98 Å². The lowest BCUT2D eigenvalue weighted by Crippen LogP contribution is -2.55. The summed E-state index contributed by atoms with van der Waals surface area (Å²) in [5.74, 6) is 0.538. The van der Waals surface area contributed by atoms with E-state index in [0.29, 0.717) is 5.92 Å². The Hall–Kier alpha value is -0.450. The van der Waals surface area contributed by atoms with Crippen molar-refractivity contribution in [2.45, 2.75) is 82.0 Å². The summed E-state index contributed by atoms with van der Waals surface area (Å²) in [7, 11) is 2.32. The quantitative estimate of drug-likeness (QED) is 0.923. The summed E-state index contributed by atoms with van der Waals surface area (Å²) in [4.78, 5) is 7.67. The van der Waals surface area contributed by atoms with Gasteiger partial charge in [0, 0.05) is 23.5 Å². The van der Waals surface area contributed by atoms with Crippen molar-refractivity contribution in [2.24, 2.45) is 0 Å². The van der Waals surface area contributed by atoms with Gasteiger partial charge in [0.25, 0.3) is 0 Å². The highest BCUT2D eigenvalue weighted by Gasteiger charge is 2.50. The molecule has 4 heteroatoms. The van der Waals surface area contributed by atoms with E-state index in [1.165, 1.54) is 49.2 Å². The van der Waals surface area contributed by atoms with Crippen LogP contribution in [0, 0.1) is 0 Å². The second kappa shape index (κ2) is 5.04. The van der Waals surface area contributed by atoms with Gasteiger partial charge >= 0.3 is 0 Å². The number of piperidine rings is 1. The highest BCUT2D eigenvalue weighted by Crippen LogP contribution is 2.47. The Kier molecular flexibility index (Phi) is 3.40. The standard InChI is InChI=1S/C17H27N3S/c1-11(2)15-10-21-16(18-15)17(19-12-4-5-12)8-13-6-7-14(9-17)20(13)3/h10-14,19H,4-9H2,1-3H3. The molecule has 0 spiro atoms. The second-order valence-corrected chi connectivity index (χ2v) is 8.55. The minimum absolute atomic E-state index is 0.164. The third-order valence-electron chi connectivity index (χ3n) is 5.73. The molecule has 2 aliphatic heterocycles. The fourth-order valence-electron chi connectivity index (χ4n) is 4.21. The lowest BCUT2D eigenvalue weighted by Gasteiger charge is -2.45. The van der Waals surface area contributed by atoms with E-state index in [-0.39, 0.29) is 5.54 Å². The molecule has 21 heavy (non-hydrogen) atoms. The Morgan fingerprint density at radius 1 is 1.24 bits per heavy atom. The first-order valence-corrected chi connectivity index (χ1v) is 9.41. The summed E-state index contributed by atoms with van der Waals surface area (Å²) >= 11 is 1.89. The van der Waals surface area contributed by atoms with Gasteiger partial charge in [-0.3, -0.25) is 0 Å². The molecule has 0 aromatic carbocycles. The van der Waals surface area contributed by atoms with E-state index >= 15 is 0 Å². The van der Waals surface area contributed by atoms with Crippen LogP contribution in [0.15, 0.2) is 5.38 Å². The third kappa shape index (κ3) is 2.45. The molecule has 0 radical (unpaired) electrons. The Bertz CT molecular complexity index is 506. The van der Waals surface area contributed by atoms with E-state index in [1.807, 2.05) is 11.3 Å². The molecule has 2 saturated heterocycles. The van der Waals surface area contributed by atoms with Crippen LogP contribution in [0.2, 0.25) is 0 Å². The van der Waals surface area contributed by atoms with Crippen molar-refractivity contribution in [3.63, 3.8) is 0 Å². The highest BCUT2D eigenvalue weighted by molar-refractivity contribution is 7.09. The summed E-state index contributed by atoms with van der Waals surface area (Å²) in [5, 5.41) is 7.67. The first kappa shape index (κ1) is 14.2. The minimum Gasteiger partial charge on any atom is -0.302 e. The number of aromatic nitrogens is 1. The van der Waals surface area contributed by atoms with Gasteiger partial charge in [-0.15, -0.1) is 11.3 Å². The zero-order valence-corrected chi connectivity index (χ0v) is 14.2. The lowest BCUT2D eigenvalue weighted by atomic mass is 9.83. The summed E-state index contributed by atoms with van der Waals surface area (Å²) in [6.45, 7) is 4.50. The van der Waals surface area contributed by atoms with Crippen LogP contribution in [0.1, 0.15) is 69.0 Å². The van der Waals surface area contributed by atoms with Crippen molar-refractivity contribution in [1.29, 1.82) is 0 Å². The first-order valence-electron chi connectivity index (χ1n) is 8.53. The monoisotopic (exact) mass is 305 g/mol. The number of hydrogen-bond acceptors (Lipinski definition) is 4. The van der Waals surface area contributed by atoms with Crippen molar-refractivity contribution in [3.8, 4) is 0 Å². The van der Waals surface area contributed by atoms with Gasteiger partial charge in [-0.1, -0.05) is 13.8 Å². The van der Waals surface area contributed by atoms with Gasteiger partial charge in [0.15, 0.2) is 0 Å². The number of nitrogens with zero attached hydrogens (tertiary/aromatic N) is 2. The molecule has 1 N–H and O–H groups in total. The van der Waals surface area contributed by atoms with Crippen molar-refractivity contribution in [2.75, 3.05) is 7.05 Å². The fraction of sp³-hybridized carbons (Fsp3) is 0.824. The molecule has 4 rings (SSSR count). The average molecular weight is 305 g/mol. The summed E-state index contributed by atoms with van der Waals surface area (Å²) in [6.07, 6.45) is 7.96. The summed E-state index contributed by atoms with van der Waals surface area (Å²) < 4.78 is 0. The maximum absolute atomic E-state index is 5.05. The molecule has 116 valence electrons. The van der Waals surface area contributed by atoms with Gasteiger partial charge in [0.05, 0.1) is 11.2 Å². The van der Waals surface area contributed by atoms with Crippen molar-refractivity contribution >= 4 is 11.3 Å². The van der Waals surface area contributed by atoms with Crippen LogP contribution in [0.3, 0.4) is 0 Å². The number of hydrogen-bond donors (Lipinski definition) is 1. The van der Waals surface area contributed by atoms with Gasteiger partial charge in [-0.25, -0.2) is 4.98 Å². The predicted octanol–water partition coefficient (Wildman–Crippen LogP) is 3.47. The lowest BCUT2D eigenvalue weighted by molar-refractivity contribution is 0.0872. The van der Waals surface area contributed by atoms with Gasteiger partial charge in [0.1, 0.15) is 5.01 Å². The van der Waals surface area contributed by atoms with Crippen LogP contribution in [-0.2, 0) is 5.54 Å². The predicted molar refractivity (Wildman–Crippen MR) is 87.8 cm³/mol.